The molecule has 0 aromatic rings. The summed E-state index contributed by atoms with van der Waals surface area (Å²) in [6.45, 7) is 3.02. The van der Waals surface area contributed by atoms with E-state index >= 15 is 0 Å². The number of hydrogen-bond acceptors (Lipinski definition) is 3. The fourth-order valence-electron chi connectivity index (χ4n) is 0.699. The summed E-state index contributed by atoms with van der Waals surface area (Å²) < 4.78 is 0. The summed E-state index contributed by atoms with van der Waals surface area (Å²) in [6.07, 6.45) is 1.14. The van der Waals surface area contributed by atoms with Gasteiger partial charge in [0.1, 0.15) is 0 Å². The maximum absolute atomic E-state index is 10.6. The highest BCUT2D eigenvalue weighted by atomic mass is 16.3. The summed E-state index contributed by atoms with van der Waals surface area (Å²) >= 11 is 0. The van der Waals surface area contributed by atoms with Gasteiger partial charge in [0.25, 0.3) is 0 Å². The number of rotatable bonds is 4. The number of hydrogen-bond donors (Lipinski definition) is 1. The third kappa shape index (κ3) is 1.92. The minimum atomic E-state index is -1.73. The molecule has 0 aliphatic rings. The molecule has 0 fully saturated rings. The van der Waals surface area contributed by atoms with Crippen molar-refractivity contribution in [2.24, 2.45) is 0 Å². The van der Waals surface area contributed by atoms with Gasteiger partial charge >= 0.3 is 0 Å². The molecule has 0 aromatic heterocycles. The molecule has 1 unspecified atom stereocenters. The number of ketones is 1. The Bertz CT molecular complexity index is 142. The highest BCUT2D eigenvalue weighted by Gasteiger charge is 2.30. The molecule has 3 nitrogen and oxygen atoms in total. The van der Waals surface area contributed by atoms with Crippen LogP contribution >= 0.6 is 0 Å². The van der Waals surface area contributed by atoms with Crippen molar-refractivity contribution < 1.29 is 14.7 Å². The van der Waals surface area contributed by atoms with Crippen molar-refractivity contribution in [3.63, 3.8) is 0 Å². The number of carbonyl (C=O) groups excluding carboxylic acids is 2. The van der Waals surface area contributed by atoms with Gasteiger partial charge in [-0.3, -0.25) is 9.59 Å². The quantitative estimate of drug-likeness (QED) is 0.456. The lowest BCUT2D eigenvalue weighted by atomic mass is 9.96. The number of carbonyl (C=O) groups is 2. The van der Waals surface area contributed by atoms with Gasteiger partial charge in [0.05, 0.1) is 0 Å². The zero-order chi connectivity index (χ0) is 8.20. The van der Waals surface area contributed by atoms with Gasteiger partial charge in [-0.05, 0) is 13.3 Å². The minimum absolute atomic E-state index is 0.214. The Labute approximate surface area is 60.0 Å². The maximum Gasteiger partial charge on any atom is 0.177 e. The van der Waals surface area contributed by atoms with Gasteiger partial charge in [0.15, 0.2) is 17.7 Å². The first-order valence-corrected chi connectivity index (χ1v) is 3.26. The smallest absolute Gasteiger partial charge is 0.177 e. The van der Waals surface area contributed by atoms with Crippen LogP contribution in [0.3, 0.4) is 0 Å². The fraction of sp³-hybridized carbons (Fsp3) is 0.714. The summed E-state index contributed by atoms with van der Waals surface area (Å²) in [4.78, 5) is 20.8. The third-order valence-corrected chi connectivity index (χ3v) is 1.44. The van der Waals surface area contributed by atoms with E-state index in [2.05, 4.69) is 0 Å². The highest BCUT2D eigenvalue weighted by molar-refractivity contribution is 5.99. The Hall–Kier alpha value is -0.700. The van der Waals surface area contributed by atoms with Gasteiger partial charge in [0.2, 0.25) is 0 Å². The molecule has 58 valence electrons. The molecule has 0 rings (SSSR count). The Kier molecular flexibility index (Phi) is 3.22. The molecule has 0 aliphatic heterocycles. The van der Waals surface area contributed by atoms with E-state index in [0.29, 0.717) is 12.7 Å². The first-order chi connectivity index (χ1) is 4.56. The Morgan fingerprint density at radius 3 is 2.30 bits per heavy atom. The first-order valence-electron chi connectivity index (χ1n) is 3.26. The van der Waals surface area contributed by atoms with Gasteiger partial charge in [-0.15, -0.1) is 0 Å². The molecule has 0 saturated heterocycles. The summed E-state index contributed by atoms with van der Waals surface area (Å²) in [5.74, 6) is -0.482. The molecule has 0 radical (unpaired) electrons. The molecule has 0 heterocycles. The second-order valence-corrected chi connectivity index (χ2v) is 2.35. The molecular weight excluding hydrogens is 132 g/mol. The molecule has 0 aromatic carbocycles. The predicted molar refractivity (Wildman–Crippen MR) is 36.6 cm³/mol. The fourth-order valence-corrected chi connectivity index (χ4v) is 0.699. The van der Waals surface area contributed by atoms with Gasteiger partial charge < -0.3 is 5.11 Å². The maximum atomic E-state index is 10.6. The van der Waals surface area contributed by atoms with Crippen LogP contribution in [0.1, 0.15) is 26.7 Å². The lowest BCUT2D eigenvalue weighted by Crippen LogP contribution is -2.38. The molecule has 0 saturated carbocycles. The summed E-state index contributed by atoms with van der Waals surface area (Å²) in [5.41, 5.74) is -1.73. The van der Waals surface area contributed by atoms with Crippen molar-refractivity contribution in [1.29, 1.82) is 0 Å². The van der Waals surface area contributed by atoms with E-state index in [1.807, 2.05) is 0 Å². The van der Waals surface area contributed by atoms with Crippen molar-refractivity contribution in [2.75, 3.05) is 0 Å². The van der Waals surface area contributed by atoms with E-state index in [0.717, 1.165) is 0 Å². The minimum Gasteiger partial charge on any atom is -0.375 e. The molecule has 0 amide bonds. The second kappa shape index (κ2) is 3.46. The van der Waals surface area contributed by atoms with E-state index in [1.54, 1.807) is 6.92 Å². The number of aliphatic hydroxyl groups is 1. The molecular formula is C7H12O3. The lowest BCUT2D eigenvalue weighted by molar-refractivity contribution is -0.142. The van der Waals surface area contributed by atoms with E-state index in [1.165, 1.54) is 6.92 Å². The van der Waals surface area contributed by atoms with Crippen LogP contribution in [-0.4, -0.2) is 22.8 Å². The zero-order valence-electron chi connectivity index (χ0n) is 6.26. The average molecular weight is 144 g/mol. The highest BCUT2D eigenvalue weighted by Crippen LogP contribution is 2.10. The molecule has 1 N–H and O–H groups in total. The van der Waals surface area contributed by atoms with Gasteiger partial charge in [-0.25, -0.2) is 0 Å². The van der Waals surface area contributed by atoms with Crippen LogP contribution in [0.25, 0.3) is 0 Å². The van der Waals surface area contributed by atoms with E-state index < -0.39 is 11.4 Å². The van der Waals surface area contributed by atoms with Crippen molar-refractivity contribution in [3.05, 3.63) is 0 Å². The van der Waals surface area contributed by atoms with Crippen LogP contribution in [0.15, 0.2) is 0 Å². The van der Waals surface area contributed by atoms with E-state index in [4.69, 9.17) is 0 Å². The standard InChI is InChI=1S/C7H12O3/c1-3-4-7(10,5-8)6(2)9/h5,10H,3-4H2,1-2H3. The van der Waals surface area contributed by atoms with Gasteiger partial charge in [-0.1, -0.05) is 13.3 Å². The van der Waals surface area contributed by atoms with Crippen LogP contribution in [0, 0.1) is 0 Å². The largest absolute Gasteiger partial charge is 0.375 e. The van der Waals surface area contributed by atoms with Crippen LogP contribution in [0.2, 0.25) is 0 Å². The van der Waals surface area contributed by atoms with Crippen LogP contribution < -0.4 is 0 Å². The lowest BCUT2D eigenvalue weighted by Gasteiger charge is -2.15. The number of Topliss-reactive ketones (excluding diaryl/α,β-unsaturated/α-hetero) is 1. The van der Waals surface area contributed by atoms with Crippen molar-refractivity contribution >= 4 is 12.1 Å². The van der Waals surface area contributed by atoms with Crippen molar-refractivity contribution in [3.8, 4) is 0 Å². The van der Waals surface area contributed by atoms with Crippen LogP contribution in [0.4, 0.5) is 0 Å². The Balaban J connectivity index is 4.22. The zero-order valence-corrected chi connectivity index (χ0v) is 6.26. The first kappa shape index (κ1) is 9.30. The SMILES string of the molecule is CCCC(O)(C=O)C(C)=O. The van der Waals surface area contributed by atoms with Crippen LogP contribution in [-0.2, 0) is 9.59 Å². The van der Waals surface area contributed by atoms with Crippen LogP contribution in [0.5, 0.6) is 0 Å². The van der Waals surface area contributed by atoms with Crippen molar-refractivity contribution in [2.45, 2.75) is 32.3 Å². The third-order valence-electron chi connectivity index (χ3n) is 1.44. The monoisotopic (exact) mass is 144 g/mol. The molecule has 0 spiro atoms. The second-order valence-electron chi connectivity index (χ2n) is 2.35. The average Bonchev–Trinajstić information content (AvgIpc) is 1.88. The molecule has 0 bridgehead atoms. The number of aldehydes is 1. The summed E-state index contributed by atoms with van der Waals surface area (Å²) in [5, 5.41) is 9.18. The van der Waals surface area contributed by atoms with E-state index in [-0.39, 0.29) is 6.42 Å². The van der Waals surface area contributed by atoms with E-state index in [9.17, 15) is 14.7 Å². The molecule has 3 heteroatoms. The van der Waals surface area contributed by atoms with Gasteiger partial charge in [-0.2, -0.15) is 0 Å². The Morgan fingerprint density at radius 2 is 2.20 bits per heavy atom. The normalized spacial score (nSPS) is 15.9. The molecule has 0 aliphatic carbocycles. The van der Waals surface area contributed by atoms with Crippen molar-refractivity contribution in [1.82, 2.24) is 0 Å². The topological polar surface area (TPSA) is 54.4 Å². The Morgan fingerprint density at radius 1 is 1.70 bits per heavy atom. The molecule has 10 heavy (non-hydrogen) atoms. The predicted octanol–water partition coefficient (Wildman–Crippen LogP) is 0.305. The summed E-state index contributed by atoms with van der Waals surface area (Å²) in [6, 6.07) is 0. The van der Waals surface area contributed by atoms with Gasteiger partial charge in [0, 0.05) is 0 Å². The summed E-state index contributed by atoms with van der Waals surface area (Å²) in [7, 11) is 0. The molecule has 1 atom stereocenters.